The number of benzene rings is 2. The van der Waals surface area contributed by atoms with Gasteiger partial charge in [0.25, 0.3) is 0 Å². The highest BCUT2D eigenvalue weighted by Gasteiger charge is 1.98. The molecular weight excluding hydrogens is 220 g/mol. The second kappa shape index (κ2) is 7.54. The highest BCUT2D eigenvalue weighted by Crippen LogP contribution is 2.18. The zero-order chi connectivity index (χ0) is 13.4. The van der Waals surface area contributed by atoms with Gasteiger partial charge in [0.05, 0.1) is 0 Å². The van der Waals surface area contributed by atoms with Crippen molar-refractivity contribution < 1.29 is 4.74 Å². The van der Waals surface area contributed by atoms with Gasteiger partial charge in [-0.2, -0.15) is 0 Å². The number of hydrogen-bond donors (Lipinski definition) is 0. The van der Waals surface area contributed by atoms with E-state index < -0.39 is 0 Å². The van der Waals surface area contributed by atoms with Crippen LogP contribution in [0.2, 0.25) is 0 Å². The highest BCUT2D eigenvalue weighted by atomic mass is 16.5. The van der Waals surface area contributed by atoms with Crippen LogP contribution in [0.5, 0.6) is 5.75 Å². The topological polar surface area (TPSA) is 9.23 Å². The number of hydrogen-bond acceptors (Lipinski definition) is 1. The van der Waals surface area contributed by atoms with E-state index in [-0.39, 0.29) is 0 Å². The van der Waals surface area contributed by atoms with E-state index in [2.05, 4.69) is 44.2 Å². The molecule has 96 valence electrons. The second-order valence-corrected chi connectivity index (χ2v) is 4.04. The van der Waals surface area contributed by atoms with Gasteiger partial charge >= 0.3 is 0 Å². The molecule has 0 spiro atoms. The SMILES string of the molecule is CC.Cc1cccc(COc2ccccc2C)c1. The maximum absolute atomic E-state index is 5.78. The van der Waals surface area contributed by atoms with Gasteiger partial charge in [0.2, 0.25) is 0 Å². The van der Waals surface area contributed by atoms with E-state index in [9.17, 15) is 0 Å². The Bertz CT molecular complexity index is 475. The predicted octanol–water partition coefficient (Wildman–Crippen LogP) is 4.91. The van der Waals surface area contributed by atoms with E-state index in [1.807, 2.05) is 32.0 Å². The molecule has 2 rings (SSSR count). The van der Waals surface area contributed by atoms with Crippen LogP contribution in [0.25, 0.3) is 0 Å². The summed E-state index contributed by atoms with van der Waals surface area (Å²) in [6.45, 7) is 8.79. The van der Waals surface area contributed by atoms with Gasteiger partial charge in [0.15, 0.2) is 0 Å². The van der Waals surface area contributed by atoms with Crippen molar-refractivity contribution in [3.05, 3.63) is 65.2 Å². The third kappa shape index (κ3) is 4.25. The standard InChI is InChI=1S/C15H16O.C2H6/c1-12-6-5-8-14(10-12)11-16-15-9-4-3-7-13(15)2;1-2/h3-10H,11H2,1-2H3;1-2H3. The lowest BCUT2D eigenvalue weighted by atomic mass is 10.1. The van der Waals surface area contributed by atoms with Crippen LogP contribution in [0.3, 0.4) is 0 Å². The van der Waals surface area contributed by atoms with Gasteiger partial charge in [0.1, 0.15) is 12.4 Å². The Morgan fingerprint density at radius 2 is 1.61 bits per heavy atom. The predicted molar refractivity (Wildman–Crippen MR) is 78.0 cm³/mol. The number of para-hydroxylation sites is 1. The lowest BCUT2D eigenvalue weighted by Crippen LogP contribution is -1.96. The van der Waals surface area contributed by atoms with E-state index >= 15 is 0 Å². The molecule has 0 bridgehead atoms. The van der Waals surface area contributed by atoms with Crippen molar-refractivity contribution in [1.29, 1.82) is 0 Å². The zero-order valence-corrected chi connectivity index (χ0v) is 11.7. The molecule has 0 aromatic heterocycles. The number of ether oxygens (including phenoxy) is 1. The van der Waals surface area contributed by atoms with Gasteiger partial charge in [-0.1, -0.05) is 61.9 Å². The Morgan fingerprint density at radius 3 is 2.28 bits per heavy atom. The van der Waals surface area contributed by atoms with Gasteiger partial charge in [0, 0.05) is 0 Å². The lowest BCUT2D eigenvalue weighted by molar-refractivity contribution is 0.304. The molecule has 0 saturated heterocycles. The first kappa shape index (κ1) is 14.3. The fraction of sp³-hybridized carbons (Fsp3) is 0.294. The van der Waals surface area contributed by atoms with Crippen molar-refractivity contribution >= 4 is 0 Å². The summed E-state index contributed by atoms with van der Waals surface area (Å²) in [5.41, 5.74) is 3.66. The van der Waals surface area contributed by atoms with Crippen LogP contribution in [0.15, 0.2) is 48.5 Å². The molecule has 0 fully saturated rings. The van der Waals surface area contributed by atoms with E-state index in [1.54, 1.807) is 0 Å². The minimum absolute atomic E-state index is 0.631. The van der Waals surface area contributed by atoms with Crippen molar-refractivity contribution in [1.82, 2.24) is 0 Å². The summed E-state index contributed by atoms with van der Waals surface area (Å²) in [7, 11) is 0. The maximum Gasteiger partial charge on any atom is 0.122 e. The molecule has 0 heterocycles. The smallest absolute Gasteiger partial charge is 0.122 e. The third-order valence-corrected chi connectivity index (χ3v) is 2.57. The molecule has 0 saturated carbocycles. The summed E-state index contributed by atoms with van der Waals surface area (Å²) < 4.78 is 5.78. The first-order valence-corrected chi connectivity index (χ1v) is 6.50. The third-order valence-electron chi connectivity index (χ3n) is 2.57. The first-order valence-electron chi connectivity index (χ1n) is 6.50. The first-order chi connectivity index (χ1) is 8.75. The van der Waals surface area contributed by atoms with Gasteiger partial charge < -0.3 is 4.74 Å². The Labute approximate surface area is 110 Å². The minimum atomic E-state index is 0.631. The van der Waals surface area contributed by atoms with Crippen LogP contribution in [0.4, 0.5) is 0 Å². The van der Waals surface area contributed by atoms with Gasteiger partial charge in [-0.05, 0) is 31.0 Å². The molecular formula is C17H22O. The molecule has 2 aromatic rings. The van der Waals surface area contributed by atoms with Crippen LogP contribution >= 0.6 is 0 Å². The molecule has 0 atom stereocenters. The molecule has 0 aliphatic carbocycles. The summed E-state index contributed by atoms with van der Waals surface area (Å²) >= 11 is 0. The molecule has 0 aliphatic heterocycles. The molecule has 0 N–H and O–H groups in total. The monoisotopic (exact) mass is 242 g/mol. The Morgan fingerprint density at radius 1 is 0.889 bits per heavy atom. The van der Waals surface area contributed by atoms with Crippen molar-refractivity contribution in [3.63, 3.8) is 0 Å². The van der Waals surface area contributed by atoms with Crippen LogP contribution in [-0.2, 0) is 6.61 Å². The number of rotatable bonds is 3. The van der Waals surface area contributed by atoms with Gasteiger partial charge in [-0.25, -0.2) is 0 Å². The zero-order valence-electron chi connectivity index (χ0n) is 11.7. The van der Waals surface area contributed by atoms with Crippen LogP contribution < -0.4 is 4.74 Å². The maximum atomic E-state index is 5.78. The summed E-state index contributed by atoms with van der Waals surface area (Å²) in [6, 6.07) is 16.5. The minimum Gasteiger partial charge on any atom is -0.489 e. The Hall–Kier alpha value is -1.76. The average Bonchev–Trinajstić information content (AvgIpc) is 2.40. The van der Waals surface area contributed by atoms with Crippen LogP contribution in [-0.4, -0.2) is 0 Å². The molecule has 1 heteroatoms. The fourth-order valence-electron chi connectivity index (χ4n) is 1.68. The summed E-state index contributed by atoms with van der Waals surface area (Å²) in [4.78, 5) is 0. The van der Waals surface area contributed by atoms with E-state index in [0.29, 0.717) is 6.61 Å². The van der Waals surface area contributed by atoms with Crippen LogP contribution in [0.1, 0.15) is 30.5 Å². The normalized spacial score (nSPS) is 9.33. The fourth-order valence-corrected chi connectivity index (χ4v) is 1.68. The molecule has 0 aliphatic rings. The second-order valence-electron chi connectivity index (χ2n) is 4.04. The van der Waals surface area contributed by atoms with E-state index in [1.165, 1.54) is 16.7 Å². The van der Waals surface area contributed by atoms with Crippen LogP contribution in [0, 0.1) is 13.8 Å². The molecule has 0 radical (unpaired) electrons. The molecule has 0 amide bonds. The van der Waals surface area contributed by atoms with E-state index in [4.69, 9.17) is 4.74 Å². The largest absolute Gasteiger partial charge is 0.489 e. The Balaban J connectivity index is 0.000000771. The van der Waals surface area contributed by atoms with Crippen molar-refractivity contribution in [2.45, 2.75) is 34.3 Å². The summed E-state index contributed by atoms with van der Waals surface area (Å²) in [5.74, 6) is 0.962. The summed E-state index contributed by atoms with van der Waals surface area (Å²) in [6.07, 6.45) is 0. The van der Waals surface area contributed by atoms with E-state index in [0.717, 1.165) is 5.75 Å². The van der Waals surface area contributed by atoms with Gasteiger partial charge in [-0.15, -0.1) is 0 Å². The number of aryl methyl sites for hydroxylation is 2. The van der Waals surface area contributed by atoms with Crippen molar-refractivity contribution in [3.8, 4) is 5.75 Å². The molecule has 0 unspecified atom stereocenters. The van der Waals surface area contributed by atoms with Gasteiger partial charge in [-0.3, -0.25) is 0 Å². The Kier molecular flexibility index (Phi) is 5.99. The quantitative estimate of drug-likeness (QED) is 0.743. The lowest BCUT2D eigenvalue weighted by Gasteiger charge is -2.09. The molecule has 1 nitrogen and oxygen atoms in total. The molecule has 2 aromatic carbocycles. The van der Waals surface area contributed by atoms with Crippen molar-refractivity contribution in [2.24, 2.45) is 0 Å². The average molecular weight is 242 g/mol. The summed E-state index contributed by atoms with van der Waals surface area (Å²) in [5, 5.41) is 0. The van der Waals surface area contributed by atoms with Crippen molar-refractivity contribution in [2.75, 3.05) is 0 Å². The highest BCUT2D eigenvalue weighted by molar-refractivity contribution is 5.32. The molecule has 18 heavy (non-hydrogen) atoms.